The minimum absolute atomic E-state index is 0.0465. The van der Waals surface area contributed by atoms with Crippen molar-refractivity contribution in [2.24, 2.45) is 5.73 Å². The largest absolute Gasteiger partial charge is 0.460 e. The Bertz CT molecular complexity index is 435. The molecule has 0 heterocycles. The van der Waals surface area contributed by atoms with Crippen LogP contribution in [0.25, 0.3) is 0 Å². The summed E-state index contributed by atoms with van der Waals surface area (Å²) in [5.41, 5.74) is 4.53. The van der Waals surface area contributed by atoms with Gasteiger partial charge < -0.3 is 15.6 Å². The van der Waals surface area contributed by atoms with Gasteiger partial charge in [0.15, 0.2) is 0 Å². The van der Waals surface area contributed by atoms with E-state index in [-0.39, 0.29) is 13.2 Å². The highest BCUT2D eigenvalue weighted by Gasteiger charge is 2.25. The van der Waals surface area contributed by atoms with Crippen LogP contribution >= 0.6 is 0 Å². The van der Waals surface area contributed by atoms with Gasteiger partial charge >= 0.3 is 5.97 Å². The van der Waals surface area contributed by atoms with Crippen LogP contribution in [0.4, 0.5) is 0 Å². The summed E-state index contributed by atoms with van der Waals surface area (Å²) in [6, 6.07) is 0. The minimum Gasteiger partial charge on any atom is -0.460 e. The highest BCUT2D eigenvalue weighted by molar-refractivity contribution is 7.87. The number of rotatable bonds is 4. The van der Waals surface area contributed by atoms with E-state index in [1.165, 1.54) is 20.8 Å². The first-order valence-electron chi connectivity index (χ1n) is 5.62. The third kappa shape index (κ3) is 20.8. The Balaban J connectivity index is -0.000000239. The molecule has 124 valence electrons. The molecule has 0 saturated heterocycles. The molecule has 1 amide bonds. The maximum atomic E-state index is 10.2. The summed E-state index contributed by atoms with van der Waals surface area (Å²) >= 11 is 0. The average Bonchev–Trinajstić information content (AvgIpc) is 2.34. The fourth-order valence-electron chi connectivity index (χ4n) is 0.205. The summed E-state index contributed by atoms with van der Waals surface area (Å²) in [7, 11) is -3.84. The Kier molecular flexibility index (Phi) is 14.0. The second-order valence-electron chi connectivity index (χ2n) is 4.29. The molecule has 21 heavy (non-hydrogen) atoms. The van der Waals surface area contributed by atoms with Crippen LogP contribution in [0.3, 0.4) is 0 Å². The lowest BCUT2D eigenvalue weighted by Gasteiger charge is -2.12. The zero-order chi connectivity index (χ0) is 17.7. The lowest BCUT2D eigenvalue weighted by Crippen LogP contribution is -2.26. The Labute approximate surface area is 125 Å². The van der Waals surface area contributed by atoms with Gasteiger partial charge in [0.1, 0.15) is 6.61 Å². The summed E-state index contributed by atoms with van der Waals surface area (Å²) in [5.74, 6) is -0.982. The van der Waals surface area contributed by atoms with Crippen LogP contribution in [-0.4, -0.2) is 47.9 Å². The molecule has 0 aliphatic heterocycles. The van der Waals surface area contributed by atoms with E-state index < -0.39 is 26.7 Å². The van der Waals surface area contributed by atoms with Crippen LogP contribution in [-0.2, 0) is 24.4 Å². The molecule has 0 aliphatic carbocycles. The van der Waals surface area contributed by atoms with Crippen molar-refractivity contribution in [1.29, 1.82) is 0 Å². The van der Waals surface area contributed by atoms with Gasteiger partial charge in [-0.25, -0.2) is 4.79 Å². The molecule has 0 unspecified atom stereocenters. The molecule has 0 aliphatic rings. The number of carbonyl (C=O) groups excluding carboxylic acids is 2. The van der Waals surface area contributed by atoms with Gasteiger partial charge in [-0.05, 0) is 26.8 Å². The van der Waals surface area contributed by atoms with E-state index in [0.717, 1.165) is 12.2 Å². The van der Waals surface area contributed by atoms with E-state index in [0.29, 0.717) is 0 Å². The molecule has 0 fully saturated rings. The van der Waals surface area contributed by atoms with Crippen molar-refractivity contribution in [2.45, 2.75) is 25.5 Å². The second-order valence-corrected chi connectivity index (χ2v) is 6.46. The van der Waals surface area contributed by atoms with Gasteiger partial charge in [-0.3, -0.25) is 9.35 Å². The first-order valence-corrected chi connectivity index (χ1v) is 7.06. The molecular weight excluding hydrogens is 302 g/mol. The van der Waals surface area contributed by atoms with Gasteiger partial charge in [0, 0.05) is 6.08 Å². The third-order valence-electron chi connectivity index (χ3n) is 1.48. The zero-order valence-electron chi connectivity index (χ0n) is 12.4. The van der Waals surface area contributed by atoms with E-state index >= 15 is 0 Å². The fraction of sp³-hybridized carbons (Fsp3) is 0.500. The summed E-state index contributed by atoms with van der Waals surface area (Å²) in [4.78, 5) is 19.6. The maximum Gasteiger partial charge on any atom is 0.330 e. The standard InChI is InChI=1S/C5H8O3.C4H10O3S.C3H5NO/c1-2-5(7)8-4-3-6;1-4(2,3)8(5,6)7;1-2-3(4)5/h2,6H,1,3-4H2;1-3H3,(H,5,6,7);2H,1H2,(H2,4,5). The molecule has 0 aromatic rings. The van der Waals surface area contributed by atoms with Crippen molar-refractivity contribution in [3.05, 3.63) is 25.3 Å². The number of primary amides is 1. The van der Waals surface area contributed by atoms with Crippen molar-refractivity contribution < 1.29 is 32.4 Å². The van der Waals surface area contributed by atoms with Crippen LogP contribution in [0.1, 0.15) is 20.8 Å². The summed E-state index contributed by atoms with van der Waals surface area (Å²) in [5, 5.41) is 8.10. The summed E-state index contributed by atoms with van der Waals surface area (Å²) < 4.78 is 32.0. The van der Waals surface area contributed by atoms with Gasteiger partial charge in [0.2, 0.25) is 5.91 Å². The predicted octanol–water partition coefficient (Wildman–Crippen LogP) is 0.0383. The molecule has 8 nitrogen and oxygen atoms in total. The Morgan fingerprint density at radius 2 is 1.57 bits per heavy atom. The number of amides is 1. The molecule has 0 atom stereocenters. The highest BCUT2D eigenvalue weighted by atomic mass is 32.2. The molecule has 0 aromatic carbocycles. The van der Waals surface area contributed by atoms with E-state index in [4.69, 9.17) is 9.66 Å². The second kappa shape index (κ2) is 12.1. The number of carbonyl (C=O) groups is 2. The highest BCUT2D eigenvalue weighted by Crippen LogP contribution is 2.11. The van der Waals surface area contributed by atoms with Crippen molar-refractivity contribution in [1.82, 2.24) is 0 Å². The average molecular weight is 325 g/mol. The van der Waals surface area contributed by atoms with Crippen LogP contribution in [0.2, 0.25) is 0 Å². The van der Waals surface area contributed by atoms with Gasteiger partial charge in [-0.1, -0.05) is 13.2 Å². The quantitative estimate of drug-likeness (QED) is 0.376. The summed E-state index contributed by atoms with van der Waals surface area (Å²) in [6.07, 6.45) is 2.11. The molecule has 0 rings (SSSR count). The number of hydrogen-bond acceptors (Lipinski definition) is 6. The van der Waals surface area contributed by atoms with Crippen LogP contribution < -0.4 is 5.73 Å². The molecule has 0 spiro atoms. The SMILES string of the molecule is C=CC(=O)OCCO.C=CC(N)=O.CC(C)(C)S(=O)(=O)O. The van der Waals surface area contributed by atoms with Crippen molar-refractivity contribution in [2.75, 3.05) is 13.2 Å². The van der Waals surface area contributed by atoms with Crippen LogP contribution in [0.15, 0.2) is 25.3 Å². The van der Waals surface area contributed by atoms with E-state index in [1.807, 2.05) is 0 Å². The number of aliphatic hydroxyl groups excluding tert-OH is 1. The lowest BCUT2D eigenvalue weighted by atomic mass is 10.3. The number of hydrogen-bond donors (Lipinski definition) is 3. The monoisotopic (exact) mass is 325 g/mol. The molecule has 0 aromatic heterocycles. The van der Waals surface area contributed by atoms with Gasteiger partial charge in [-0.2, -0.15) is 8.42 Å². The minimum atomic E-state index is -3.84. The van der Waals surface area contributed by atoms with E-state index in [1.54, 1.807) is 0 Å². The Hall–Kier alpha value is -1.71. The molecule has 0 radical (unpaired) electrons. The molecule has 9 heteroatoms. The normalized spacial score (nSPS) is 9.95. The van der Waals surface area contributed by atoms with Gasteiger partial charge in [0.05, 0.1) is 11.4 Å². The Morgan fingerprint density at radius 1 is 1.24 bits per heavy atom. The van der Waals surface area contributed by atoms with Crippen molar-refractivity contribution in [3.63, 3.8) is 0 Å². The van der Waals surface area contributed by atoms with Gasteiger partial charge in [0.25, 0.3) is 10.1 Å². The Morgan fingerprint density at radius 3 is 1.71 bits per heavy atom. The first-order chi connectivity index (χ1) is 9.33. The third-order valence-corrected chi connectivity index (χ3v) is 3.03. The van der Waals surface area contributed by atoms with E-state index in [2.05, 4.69) is 23.6 Å². The predicted molar refractivity (Wildman–Crippen MR) is 78.9 cm³/mol. The topological polar surface area (TPSA) is 144 Å². The molecular formula is C12H23NO7S. The molecule has 0 bridgehead atoms. The van der Waals surface area contributed by atoms with Crippen LogP contribution in [0, 0.1) is 0 Å². The van der Waals surface area contributed by atoms with Gasteiger partial charge in [-0.15, -0.1) is 0 Å². The number of esters is 1. The fourth-order valence-corrected chi connectivity index (χ4v) is 0.205. The van der Waals surface area contributed by atoms with E-state index in [9.17, 15) is 18.0 Å². The smallest absolute Gasteiger partial charge is 0.330 e. The molecule has 0 saturated carbocycles. The first kappa shape index (κ1) is 24.3. The number of ether oxygens (including phenoxy) is 1. The van der Waals surface area contributed by atoms with Crippen molar-refractivity contribution in [3.8, 4) is 0 Å². The molecule has 4 N–H and O–H groups in total. The number of aliphatic hydroxyl groups is 1. The summed E-state index contributed by atoms with van der Waals surface area (Å²) in [6.45, 7) is 10.4. The maximum absolute atomic E-state index is 10.2. The number of nitrogens with two attached hydrogens (primary N) is 1. The van der Waals surface area contributed by atoms with Crippen molar-refractivity contribution >= 4 is 22.0 Å². The van der Waals surface area contributed by atoms with Crippen LogP contribution in [0.5, 0.6) is 0 Å². The lowest BCUT2D eigenvalue weighted by molar-refractivity contribution is -0.138. The zero-order valence-corrected chi connectivity index (χ0v) is 13.2.